The van der Waals surface area contributed by atoms with Crippen molar-refractivity contribution in [2.45, 2.75) is 26.0 Å². The number of benzene rings is 3. The molecular formula is C28H34N2O2. The minimum Gasteiger partial charge on any atom is -0.491 e. The van der Waals surface area contributed by atoms with E-state index >= 15 is 0 Å². The van der Waals surface area contributed by atoms with Gasteiger partial charge in [-0.05, 0) is 42.2 Å². The quantitative estimate of drug-likeness (QED) is 0.573. The second-order valence-corrected chi connectivity index (χ2v) is 8.72. The molecule has 1 heterocycles. The fourth-order valence-corrected chi connectivity index (χ4v) is 4.51. The molecule has 0 aromatic heterocycles. The normalized spacial score (nSPS) is 16.2. The average molecular weight is 431 g/mol. The summed E-state index contributed by atoms with van der Waals surface area (Å²) >= 11 is 0. The number of piperazine rings is 1. The predicted octanol–water partition coefficient (Wildman–Crippen LogP) is 4.45. The summed E-state index contributed by atoms with van der Waals surface area (Å²) in [4.78, 5) is 4.90. The summed E-state index contributed by atoms with van der Waals surface area (Å²) in [5.74, 6) is 0.863. The lowest BCUT2D eigenvalue weighted by Crippen LogP contribution is -2.50. The molecule has 1 atom stereocenters. The molecule has 1 aliphatic heterocycles. The third-order valence-corrected chi connectivity index (χ3v) is 6.46. The fraction of sp³-hybridized carbons (Fsp3) is 0.357. The first-order valence-corrected chi connectivity index (χ1v) is 11.5. The summed E-state index contributed by atoms with van der Waals surface area (Å²) in [6, 6.07) is 27.8. The number of β-amino-alcohol motifs (C(OH)–C–C–N with tert-alkyl or cyclic N) is 1. The van der Waals surface area contributed by atoms with Gasteiger partial charge in [0.1, 0.15) is 18.5 Å². The highest BCUT2D eigenvalue weighted by Gasteiger charge is 2.27. The van der Waals surface area contributed by atoms with Gasteiger partial charge in [-0.25, -0.2) is 0 Å². The molecule has 1 N–H and O–H groups in total. The molecule has 3 aromatic rings. The standard InChI is InChI=1S/C28H34N2O2/c1-22-10-9-15-27(23(22)2)32-21-26(31)20-29-16-18-30(19-17-29)28(24-11-5-3-6-12-24)25-13-7-4-8-14-25/h3-15,26,28,31H,16-21H2,1-2H3/t26-/m0/s1. The van der Waals surface area contributed by atoms with Gasteiger partial charge in [-0.1, -0.05) is 72.8 Å². The lowest BCUT2D eigenvalue weighted by molar-refractivity contribution is 0.0399. The highest BCUT2D eigenvalue weighted by molar-refractivity contribution is 5.38. The van der Waals surface area contributed by atoms with Crippen LogP contribution < -0.4 is 4.74 Å². The number of aliphatic hydroxyl groups excluding tert-OH is 1. The van der Waals surface area contributed by atoms with Gasteiger partial charge in [0.05, 0.1) is 6.04 Å². The van der Waals surface area contributed by atoms with E-state index in [1.165, 1.54) is 16.7 Å². The van der Waals surface area contributed by atoms with Gasteiger partial charge < -0.3 is 9.84 Å². The Labute approximate surface area is 192 Å². The number of aryl methyl sites for hydroxylation is 1. The number of ether oxygens (including phenoxy) is 1. The zero-order chi connectivity index (χ0) is 22.3. The van der Waals surface area contributed by atoms with E-state index in [9.17, 15) is 5.11 Å². The topological polar surface area (TPSA) is 35.9 Å². The Bertz CT molecular complexity index is 930. The third kappa shape index (κ3) is 5.57. The summed E-state index contributed by atoms with van der Waals surface area (Å²) in [5, 5.41) is 10.6. The maximum Gasteiger partial charge on any atom is 0.122 e. The van der Waals surface area contributed by atoms with Crippen LogP contribution in [0, 0.1) is 13.8 Å². The van der Waals surface area contributed by atoms with Crippen molar-refractivity contribution in [3.63, 3.8) is 0 Å². The van der Waals surface area contributed by atoms with Crippen LogP contribution in [0.1, 0.15) is 28.3 Å². The minimum atomic E-state index is -0.500. The van der Waals surface area contributed by atoms with Crippen LogP contribution in [0.3, 0.4) is 0 Å². The summed E-state index contributed by atoms with van der Waals surface area (Å²) in [6.45, 7) is 8.93. The van der Waals surface area contributed by atoms with Crippen LogP contribution in [0.5, 0.6) is 5.75 Å². The molecule has 32 heavy (non-hydrogen) atoms. The van der Waals surface area contributed by atoms with E-state index in [4.69, 9.17) is 4.74 Å². The van der Waals surface area contributed by atoms with Crippen molar-refractivity contribution in [2.24, 2.45) is 0 Å². The van der Waals surface area contributed by atoms with E-state index in [0.29, 0.717) is 13.2 Å². The molecule has 0 aliphatic carbocycles. The van der Waals surface area contributed by atoms with Gasteiger partial charge in [-0.2, -0.15) is 0 Å². The second kappa shape index (κ2) is 10.8. The monoisotopic (exact) mass is 430 g/mol. The first kappa shape index (κ1) is 22.5. The van der Waals surface area contributed by atoms with Gasteiger partial charge in [0.2, 0.25) is 0 Å². The van der Waals surface area contributed by atoms with Gasteiger partial charge in [0.25, 0.3) is 0 Å². The average Bonchev–Trinajstić information content (AvgIpc) is 2.83. The van der Waals surface area contributed by atoms with E-state index in [2.05, 4.69) is 90.4 Å². The number of hydrogen-bond acceptors (Lipinski definition) is 4. The van der Waals surface area contributed by atoms with Crippen LogP contribution in [0.2, 0.25) is 0 Å². The summed E-state index contributed by atoms with van der Waals surface area (Å²) in [5.41, 5.74) is 5.00. The van der Waals surface area contributed by atoms with E-state index in [0.717, 1.165) is 37.5 Å². The van der Waals surface area contributed by atoms with Crippen LogP contribution in [0.4, 0.5) is 0 Å². The lowest BCUT2D eigenvalue weighted by atomic mass is 9.96. The van der Waals surface area contributed by atoms with E-state index in [1.807, 2.05) is 12.1 Å². The molecule has 1 fully saturated rings. The summed E-state index contributed by atoms with van der Waals surface area (Å²) in [7, 11) is 0. The van der Waals surface area contributed by atoms with Crippen molar-refractivity contribution in [3.8, 4) is 5.75 Å². The Morgan fingerprint density at radius 1 is 0.781 bits per heavy atom. The Morgan fingerprint density at radius 2 is 1.38 bits per heavy atom. The Hall–Kier alpha value is -2.66. The Balaban J connectivity index is 1.33. The molecule has 0 radical (unpaired) electrons. The first-order valence-electron chi connectivity index (χ1n) is 11.5. The SMILES string of the molecule is Cc1cccc(OC[C@@H](O)CN2CCN(C(c3ccccc3)c3ccccc3)CC2)c1C. The largest absolute Gasteiger partial charge is 0.491 e. The van der Waals surface area contributed by atoms with Gasteiger partial charge >= 0.3 is 0 Å². The molecule has 0 amide bonds. The predicted molar refractivity (Wildman–Crippen MR) is 130 cm³/mol. The summed E-state index contributed by atoms with van der Waals surface area (Å²) in [6.07, 6.45) is -0.500. The zero-order valence-corrected chi connectivity index (χ0v) is 19.2. The highest BCUT2D eigenvalue weighted by atomic mass is 16.5. The maximum atomic E-state index is 10.6. The van der Waals surface area contributed by atoms with Crippen molar-refractivity contribution in [1.29, 1.82) is 0 Å². The molecule has 1 aliphatic rings. The number of rotatable bonds is 8. The molecule has 0 bridgehead atoms. The Kier molecular flexibility index (Phi) is 7.59. The maximum absolute atomic E-state index is 10.6. The second-order valence-electron chi connectivity index (χ2n) is 8.72. The van der Waals surface area contributed by atoms with Gasteiger partial charge in [-0.15, -0.1) is 0 Å². The minimum absolute atomic E-state index is 0.261. The molecular weight excluding hydrogens is 396 g/mol. The van der Waals surface area contributed by atoms with E-state index in [-0.39, 0.29) is 6.04 Å². The molecule has 0 unspecified atom stereocenters. The van der Waals surface area contributed by atoms with E-state index < -0.39 is 6.10 Å². The van der Waals surface area contributed by atoms with Crippen molar-refractivity contribution < 1.29 is 9.84 Å². The zero-order valence-electron chi connectivity index (χ0n) is 19.2. The van der Waals surface area contributed by atoms with Crippen LogP contribution in [0.15, 0.2) is 78.9 Å². The summed E-state index contributed by atoms with van der Waals surface area (Å²) < 4.78 is 5.91. The van der Waals surface area contributed by atoms with Crippen LogP contribution in [-0.2, 0) is 0 Å². The van der Waals surface area contributed by atoms with Crippen molar-refractivity contribution in [1.82, 2.24) is 9.80 Å². The van der Waals surface area contributed by atoms with Crippen LogP contribution >= 0.6 is 0 Å². The number of aliphatic hydroxyl groups is 1. The smallest absolute Gasteiger partial charge is 0.122 e. The molecule has 4 heteroatoms. The van der Waals surface area contributed by atoms with Crippen molar-refractivity contribution in [3.05, 3.63) is 101 Å². The van der Waals surface area contributed by atoms with Gasteiger partial charge in [-0.3, -0.25) is 9.80 Å². The van der Waals surface area contributed by atoms with Crippen LogP contribution in [0.25, 0.3) is 0 Å². The Morgan fingerprint density at radius 3 is 1.97 bits per heavy atom. The van der Waals surface area contributed by atoms with Crippen LogP contribution in [-0.4, -0.2) is 60.3 Å². The van der Waals surface area contributed by atoms with Gasteiger partial charge in [0, 0.05) is 32.7 Å². The third-order valence-electron chi connectivity index (χ3n) is 6.46. The van der Waals surface area contributed by atoms with Gasteiger partial charge in [0.15, 0.2) is 0 Å². The first-order chi connectivity index (χ1) is 15.6. The van der Waals surface area contributed by atoms with Crippen molar-refractivity contribution in [2.75, 3.05) is 39.3 Å². The fourth-order valence-electron chi connectivity index (χ4n) is 4.51. The number of nitrogens with zero attached hydrogens (tertiary/aromatic N) is 2. The highest BCUT2D eigenvalue weighted by Crippen LogP contribution is 2.29. The molecule has 0 spiro atoms. The molecule has 1 saturated heterocycles. The molecule has 4 nitrogen and oxygen atoms in total. The molecule has 4 rings (SSSR count). The number of hydrogen-bond donors (Lipinski definition) is 1. The molecule has 0 saturated carbocycles. The van der Waals surface area contributed by atoms with Crippen molar-refractivity contribution >= 4 is 0 Å². The van der Waals surface area contributed by atoms with E-state index in [1.54, 1.807) is 0 Å². The lowest BCUT2D eigenvalue weighted by Gasteiger charge is -2.40. The molecule has 168 valence electrons. The molecule has 3 aromatic carbocycles.